The fraction of sp³-hybridized carbons (Fsp3) is 0.333. The van der Waals surface area contributed by atoms with Crippen LogP contribution < -0.4 is 4.72 Å². The summed E-state index contributed by atoms with van der Waals surface area (Å²) in [5.74, 6) is 0. The molecule has 0 radical (unpaired) electrons. The highest BCUT2D eigenvalue weighted by Gasteiger charge is 2.17. The van der Waals surface area contributed by atoms with Crippen molar-refractivity contribution in [2.75, 3.05) is 13.2 Å². The van der Waals surface area contributed by atoms with Crippen molar-refractivity contribution in [2.24, 2.45) is 0 Å². The predicted molar refractivity (Wildman–Crippen MR) is 62.4 cm³/mol. The molecule has 0 amide bonds. The highest BCUT2D eigenvalue weighted by Crippen LogP contribution is 2.20. The van der Waals surface area contributed by atoms with E-state index in [0.717, 1.165) is 0 Å². The van der Waals surface area contributed by atoms with E-state index in [0.29, 0.717) is 4.47 Å². The van der Waals surface area contributed by atoms with Crippen LogP contribution in [0.4, 0.5) is 0 Å². The van der Waals surface area contributed by atoms with Crippen LogP contribution in [0.1, 0.15) is 0 Å². The number of rotatable bonds is 5. The Morgan fingerprint density at radius 2 is 2.00 bits per heavy atom. The summed E-state index contributed by atoms with van der Waals surface area (Å²) in [5.41, 5.74) is 0. The number of hydrogen-bond acceptors (Lipinski definition) is 4. The number of nitrogens with one attached hydrogen (secondary N) is 1. The van der Waals surface area contributed by atoms with E-state index in [9.17, 15) is 8.42 Å². The van der Waals surface area contributed by atoms with Crippen molar-refractivity contribution in [3.05, 3.63) is 28.7 Å². The van der Waals surface area contributed by atoms with Gasteiger partial charge in [0.15, 0.2) is 0 Å². The number of aliphatic hydroxyl groups excluding tert-OH is 2. The van der Waals surface area contributed by atoms with Crippen LogP contribution in [-0.4, -0.2) is 37.9 Å². The molecule has 5 nitrogen and oxygen atoms in total. The normalized spacial score (nSPS) is 13.7. The van der Waals surface area contributed by atoms with Crippen LogP contribution in [-0.2, 0) is 10.0 Å². The molecule has 1 aromatic carbocycles. The molecule has 7 heteroatoms. The van der Waals surface area contributed by atoms with Gasteiger partial charge in [-0.05, 0) is 28.1 Å². The predicted octanol–water partition coefficient (Wildman–Crippen LogP) is 0.0806. The van der Waals surface area contributed by atoms with Gasteiger partial charge in [0.05, 0.1) is 17.6 Å². The van der Waals surface area contributed by atoms with Gasteiger partial charge in [0.2, 0.25) is 10.0 Å². The van der Waals surface area contributed by atoms with Crippen molar-refractivity contribution >= 4 is 26.0 Å². The second kappa shape index (κ2) is 5.74. The molecule has 90 valence electrons. The first-order valence-corrected chi connectivity index (χ1v) is 6.78. The fourth-order valence-corrected chi connectivity index (χ4v) is 3.08. The molecule has 0 aliphatic carbocycles. The Balaban J connectivity index is 2.83. The number of sulfonamides is 1. The lowest BCUT2D eigenvalue weighted by Crippen LogP contribution is -2.34. The van der Waals surface area contributed by atoms with Crippen molar-refractivity contribution in [1.29, 1.82) is 0 Å². The lowest BCUT2D eigenvalue weighted by molar-refractivity contribution is 0.0988. The van der Waals surface area contributed by atoms with E-state index in [1.165, 1.54) is 6.07 Å². The van der Waals surface area contributed by atoms with Gasteiger partial charge in [0.25, 0.3) is 0 Å². The first kappa shape index (κ1) is 13.6. The minimum Gasteiger partial charge on any atom is -0.394 e. The smallest absolute Gasteiger partial charge is 0.241 e. The van der Waals surface area contributed by atoms with Gasteiger partial charge in [-0.3, -0.25) is 0 Å². The van der Waals surface area contributed by atoms with Crippen LogP contribution in [0, 0.1) is 0 Å². The highest BCUT2D eigenvalue weighted by molar-refractivity contribution is 9.10. The molecule has 3 N–H and O–H groups in total. The van der Waals surface area contributed by atoms with Crippen LogP contribution in [0.15, 0.2) is 33.6 Å². The second-order valence-electron chi connectivity index (χ2n) is 3.12. The molecule has 1 aromatic rings. The Bertz CT molecular complexity index is 449. The molecule has 0 saturated carbocycles. The summed E-state index contributed by atoms with van der Waals surface area (Å²) in [6.45, 7) is -0.710. The third kappa shape index (κ3) is 3.53. The summed E-state index contributed by atoms with van der Waals surface area (Å²) in [6.07, 6.45) is -1.10. The molecule has 1 atom stereocenters. The standard InChI is InChI=1S/C9H12BrNO4S/c10-8-3-1-2-4-9(8)16(14,15)11-5-7(13)6-12/h1-4,7,11-13H,5-6H2. The van der Waals surface area contributed by atoms with E-state index in [4.69, 9.17) is 10.2 Å². The minimum absolute atomic E-state index is 0.0974. The average Bonchev–Trinajstić information content (AvgIpc) is 2.26. The molecule has 0 heterocycles. The number of aliphatic hydroxyl groups is 2. The van der Waals surface area contributed by atoms with E-state index in [2.05, 4.69) is 20.7 Å². The Kier molecular flexibility index (Phi) is 4.88. The number of halogens is 1. The summed E-state index contributed by atoms with van der Waals surface area (Å²) in [6, 6.07) is 6.35. The molecule has 0 spiro atoms. The van der Waals surface area contributed by atoms with Crippen molar-refractivity contribution < 1.29 is 18.6 Å². The Morgan fingerprint density at radius 1 is 1.38 bits per heavy atom. The lowest BCUT2D eigenvalue weighted by Gasteiger charge is -2.10. The van der Waals surface area contributed by atoms with Gasteiger partial charge >= 0.3 is 0 Å². The largest absolute Gasteiger partial charge is 0.394 e. The van der Waals surface area contributed by atoms with Crippen molar-refractivity contribution in [1.82, 2.24) is 4.72 Å². The van der Waals surface area contributed by atoms with Crippen LogP contribution in [0.5, 0.6) is 0 Å². The van der Waals surface area contributed by atoms with E-state index in [-0.39, 0.29) is 11.4 Å². The highest BCUT2D eigenvalue weighted by atomic mass is 79.9. The minimum atomic E-state index is -3.66. The molecule has 0 saturated heterocycles. The summed E-state index contributed by atoms with van der Waals surface area (Å²) < 4.78 is 26.1. The molecule has 1 unspecified atom stereocenters. The number of hydrogen-bond donors (Lipinski definition) is 3. The summed E-state index contributed by atoms with van der Waals surface area (Å²) >= 11 is 3.13. The van der Waals surface area contributed by atoms with Crippen molar-refractivity contribution in [2.45, 2.75) is 11.0 Å². The molecule has 16 heavy (non-hydrogen) atoms. The lowest BCUT2D eigenvalue weighted by atomic mass is 10.4. The quantitative estimate of drug-likeness (QED) is 0.719. The van der Waals surface area contributed by atoms with Crippen LogP contribution in [0.3, 0.4) is 0 Å². The van der Waals surface area contributed by atoms with Gasteiger partial charge in [-0.15, -0.1) is 0 Å². The second-order valence-corrected chi connectivity index (χ2v) is 5.71. The van der Waals surface area contributed by atoms with Crippen LogP contribution in [0.2, 0.25) is 0 Å². The van der Waals surface area contributed by atoms with Gasteiger partial charge in [-0.25, -0.2) is 13.1 Å². The van der Waals surface area contributed by atoms with Gasteiger partial charge in [-0.1, -0.05) is 12.1 Å². The molecule has 0 aliphatic rings. The average molecular weight is 310 g/mol. The Hall–Kier alpha value is -0.470. The molecule has 0 fully saturated rings. The molecular formula is C9H12BrNO4S. The zero-order valence-corrected chi connectivity index (χ0v) is 10.7. The Labute approximate surface area is 102 Å². The van der Waals surface area contributed by atoms with E-state index in [1.54, 1.807) is 18.2 Å². The van der Waals surface area contributed by atoms with Gasteiger partial charge < -0.3 is 10.2 Å². The maximum Gasteiger partial charge on any atom is 0.241 e. The van der Waals surface area contributed by atoms with Crippen molar-refractivity contribution in [3.8, 4) is 0 Å². The van der Waals surface area contributed by atoms with Gasteiger partial charge in [0.1, 0.15) is 0 Å². The Morgan fingerprint density at radius 3 is 2.56 bits per heavy atom. The number of benzene rings is 1. The maximum atomic E-state index is 11.7. The summed E-state index contributed by atoms with van der Waals surface area (Å²) in [7, 11) is -3.66. The first-order chi connectivity index (χ1) is 7.47. The third-order valence-electron chi connectivity index (χ3n) is 1.85. The zero-order chi connectivity index (χ0) is 12.2. The zero-order valence-electron chi connectivity index (χ0n) is 8.30. The van der Waals surface area contributed by atoms with Gasteiger partial charge in [-0.2, -0.15) is 0 Å². The van der Waals surface area contributed by atoms with E-state index < -0.39 is 22.7 Å². The summed E-state index contributed by atoms with van der Waals surface area (Å²) in [5, 5.41) is 17.6. The molecule has 0 aliphatic heterocycles. The molecule has 1 rings (SSSR count). The van der Waals surface area contributed by atoms with E-state index >= 15 is 0 Å². The van der Waals surface area contributed by atoms with Gasteiger partial charge in [0, 0.05) is 11.0 Å². The maximum absolute atomic E-state index is 11.7. The fourth-order valence-electron chi connectivity index (χ4n) is 1.01. The third-order valence-corrected chi connectivity index (χ3v) is 4.28. The molecule has 0 bridgehead atoms. The van der Waals surface area contributed by atoms with Crippen LogP contribution >= 0.6 is 15.9 Å². The SMILES string of the molecule is O=S(=O)(NCC(O)CO)c1ccccc1Br. The van der Waals surface area contributed by atoms with Crippen LogP contribution in [0.25, 0.3) is 0 Å². The monoisotopic (exact) mass is 309 g/mol. The summed E-state index contributed by atoms with van der Waals surface area (Å²) in [4.78, 5) is 0.0974. The first-order valence-electron chi connectivity index (χ1n) is 4.50. The topological polar surface area (TPSA) is 86.6 Å². The molecular weight excluding hydrogens is 298 g/mol. The van der Waals surface area contributed by atoms with E-state index in [1.807, 2.05) is 0 Å². The van der Waals surface area contributed by atoms with Crippen molar-refractivity contribution in [3.63, 3.8) is 0 Å². The molecule has 0 aromatic heterocycles.